The van der Waals surface area contributed by atoms with Crippen molar-refractivity contribution in [3.8, 4) is 44.7 Å². The molecular weight excluding hydrogens is 601 g/mol. The third kappa shape index (κ3) is 4.10. The average molecular weight is 629 g/mol. The van der Waals surface area contributed by atoms with Crippen LogP contribution < -0.4 is 0 Å². The van der Waals surface area contributed by atoms with E-state index in [2.05, 4.69) is 158 Å². The van der Waals surface area contributed by atoms with Gasteiger partial charge in [0.2, 0.25) is 0 Å². The topological polar surface area (TPSA) is 13.1 Å². The average Bonchev–Trinajstić information content (AvgIpc) is 3.74. The van der Waals surface area contributed by atoms with Gasteiger partial charge in [-0.25, -0.2) is 0 Å². The zero-order valence-electron chi connectivity index (χ0n) is 26.0. The second kappa shape index (κ2) is 10.8. The number of thiophene rings is 1. The molecule has 0 aliphatic rings. The molecule has 0 N–H and O–H groups in total. The predicted octanol–water partition coefficient (Wildman–Crippen LogP) is 13.8. The first-order valence-corrected chi connectivity index (χ1v) is 17.2. The minimum Gasteiger partial charge on any atom is -0.455 e. The molecule has 0 spiro atoms. The van der Waals surface area contributed by atoms with E-state index in [1.165, 1.54) is 64.0 Å². The van der Waals surface area contributed by atoms with Crippen molar-refractivity contribution >= 4 is 64.0 Å². The standard InChI is InChI=1S/C46H28OS/c1-2-14-29(15-3-1)45-43(38-23-8-10-26-40(38)47-45)31-17-12-16-30(28-31)42-33-19-4-6-21-35(33)44(36-22-7-5-20-34(36)42)39-25-13-24-37-32-18-9-11-27-41(32)48-46(37)39/h1-28H. The predicted molar refractivity (Wildman–Crippen MR) is 206 cm³/mol. The van der Waals surface area contributed by atoms with Crippen LogP contribution in [0.3, 0.4) is 0 Å². The van der Waals surface area contributed by atoms with Crippen LogP contribution in [0.4, 0.5) is 0 Å². The molecule has 2 heteroatoms. The quantitative estimate of drug-likeness (QED) is 0.177. The van der Waals surface area contributed by atoms with E-state index in [4.69, 9.17) is 4.42 Å². The Morgan fingerprint density at radius 2 is 0.875 bits per heavy atom. The lowest BCUT2D eigenvalue weighted by Gasteiger charge is -2.18. The molecule has 0 bridgehead atoms. The number of furan rings is 1. The summed E-state index contributed by atoms with van der Waals surface area (Å²) in [5, 5.41) is 8.79. The van der Waals surface area contributed by atoms with Crippen molar-refractivity contribution in [2.24, 2.45) is 0 Å². The number of hydrogen-bond acceptors (Lipinski definition) is 2. The van der Waals surface area contributed by atoms with E-state index in [9.17, 15) is 0 Å². The fourth-order valence-corrected chi connectivity index (χ4v) is 8.85. The van der Waals surface area contributed by atoms with Crippen molar-refractivity contribution in [2.45, 2.75) is 0 Å². The monoisotopic (exact) mass is 628 g/mol. The van der Waals surface area contributed by atoms with Crippen molar-refractivity contribution in [2.75, 3.05) is 0 Å². The maximum atomic E-state index is 6.55. The van der Waals surface area contributed by atoms with Gasteiger partial charge in [0.05, 0.1) is 0 Å². The summed E-state index contributed by atoms with van der Waals surface area (Å²) in [6.45, 7) is 0. The third-order valence-electron chi connectivity index (χ3n) is 9.68. The summed E-state index contributed by atoms with van der Waals surface area (Å²) in [7, 11) is 0. The summed E-state index contributed by atoms with van der Waals surface area (Å²) < 4.78 is 9.21. The van der Waals surface area contributed by atoms with Gasteiger partial charge < -0.3 is 4.42 Å². The fourth-order valence-electron chi connectivity index (χ4n) is 7.63. The molecule has 0 fully saturated rings. The first kappa shape index (κ1) is 27.2. The van der Waals surface area contributed by atoms with Crippen LogP contribution in [-0.4, -0.2) is 0 Å². The highest BCUT2D eigenvalue weighted by molar-refractivity contribution is 7.26. The Balaban J connectivity index is 1.26. The second-order valence-corrected chi connectivity index (χ2v) is 13.4. The Morgan fingerprint density at radius 1 is 0.354 bits per heavy atom. The minimum atomic E-state index is 0.896. The van der Waals surface area contributed by atoms with Gasteiger partial charge in [-0.1, -0.05) is 152 Å². The Kier molecular flexibility index (Phi) is 6.12. The van der Waals surface area contributed by atoms with Gasteiger partial charge in [0.1, 0.15) is 11.3 Å². The lowest BCUT2D eigenvalue weighted by Crippen LogP contribution is -1.91. The number of fused-ring (bicyclic) bond motifs is 6. The zero-order chi connectivity index (χ0) is 31.6. The molecule has 2 heterocycles. The van der Waals surface area contributed by atoms with Gasteiger partial charge in [-0.15, -0.1) is 11.3 Å². The number of rotatable bonds is 4. The first-order valence-electron chi connectivity index (χ1n) is 16.4. The molecular formula is C46H28OS. The molecule has 48 heavy (non-hydrogen) atoms. The van der Waals surface area contributed by atoms with Gasteiger partial charge in [-0.05, 0) is 62.0 Å². The van der Waals surface area contributed by atoms with Gasteiger partial charge >= 0.3 is 0 Å². The smallest absolute Gasteiger partial charge is 0.143 e. The number of para-hydroxylation sites is 1. The van der Waals surface area contributed by atoms with Crippen molar-refractivity contribution in [1.82, 2.24) is 0 Å². The lowest BCUT2D eigenvalue weighted by atomic mass is 9.85. The summed E-state index contributed by atoms with van der Waals surface area (Å²) >= 11 is 1.89. The van der Waals surface area contributed by atoms with E-state index in [0.717, 1.165) is 33.4 Å². The molecule has 0 atom stereocenters. The summed E-state index contributed by atoms with van der Waals surface area (Å²) in [5.41, 5.74) is 9.27. The van der Waals surface area contributed by atoms with Crippen LogP contribution in [0.15, 0.2) is 174 Å². The van der Waals surface area contributed by atoms with Crippen LogP contribution in [0.1, 0.15) is 0 Å². The van der Waals surface area contributed by atoms with E-state index in [0.29, 0.717) is 0 Å². The first-order chi connectivity index (χ1) is 23.8. The van der Waals surface area contributed by atoms with Crippen molar-refractivity contribution in [1.29, 1.82) is 0 Å². The van der Waals surface area contributed by atoms with Crippen LogP contribution in [0, 0.1) is 0 Å². The molecule has 10 aromatic rings. The van der Waals surface area contributed by atoms with Gasteiger partial charge in [0.25, 0.3) is 0 Å². The molecule has 0 saturated carbocycles. The fraction of sp³-hybridized carbons (Fsp3) is 0. The molecule has 0 aliphatic carbocycles. The zero-order valence-corrected chi connectivity index (χ0v) is 26.8. The second-order valence-electron chi connectivity index (χ2n) is 12.4. The van der Waals surface area contributed by atoms with E-state index < -0.39 is 0 Å². The lowest BCUT2D eigenvalue weighted by molar-refractivity contribution is 0.632. The van der Waals surface area contributed by atoms with Crippen LogP contribution in [0.2, 0.25) is 0 Å². The summed E-state index contributed by atoms with van der Waals surface area (Å²) in [5.74, 6) is 0.899. The van der Waals surface area contributed by atoms with Gasteiger partial charge in [-0.3, -0.25) is 0 Å². The molecule has 0 saturated heterocycles. The van der Waals surface area contributed by atoms with Gasteiger partial charge in [0, 0.05) is 42.2 Å². The molecule has 10 rings (SSSR count). The summed E-state index contributed by atoms with van der Waals surface area (Å²) in [6.07, 6.45) is 0. The maximum absolute atomic E-state index is 6.55. The van der Waals surface area contributed by atoms with Crippen molar-refractivity contribution < 1.29 is 4.42 Å². The summed E-state index contributed by atoms with van der Waals surface area (Å²) in [4.78, 5) is 0. The third-order valence-corrected chi connectivity index (χ3v) is 10.9. The molecule has 8 aromatic carbocycles. The van der Waals surface area contributed by atoms with E-state index in [1.807, 2.05) is 23.5 Å². The maximum Gasteiger partial charge on any atom is 0.143 e. The Labute approximate surface area is 282 Å². The van der Waals surface area contributed by atoms with Crippen molar-refractivity contribution in [3.05, 3.63) is 170 Å². The molecule has 0 unspecified atom stereocenters. The normalized spacial score (nSPS) is 11.8. The molecule has 0 radical (unpaired) electrons. The van der Waals surface area contributed by atoms with Crippen LogP contribution in [-0.2, 0) is 0 Å². The Morgan fingerprint density at radius 3 is 1.60 bits per heavy atom. The molecule has 0 aliphatic heterocycles. The van der Waals surface area contributed by atoms with E-state index in [-0.39, 0.29) is 0 Å². The van der Waals surface area contributed by atoms with Gasteiger partial charge in [-0.2, -0.15) is 0 Å². The highest BCUT2D eigenvalue weighted by atomic mass is 32.1. The minimum absolute atomic E-state index is 0.896. The van der Waals surface area contributed by atoms with Crippen molar-refractivity contribution in [3.63, 3.8) is 0 Å². The molecule has 1 nitrogen and oxygen atoms in total. The largest absolute Gasteiger partial charge is 0.455 e. The highest BCUT2D eigenvalue weighted by Gasteiger charge is 2.21. The van der Waals surface area contributed by atoms with Crippen LogP contribution >= 0.6 is 11.3 Å². The van der Waals surface area contributed by atoms with Gasteiger partial charge in [0.15, 0.2) is 0 Å². The number of hydrogen-bond donors (Lipinski definition) is 0. The Bertz CT molecular complexity index is 2780. The van der Waals surface area contributed by atoms with Crippen LogP contribution in [0.5, 0.6) is 0 Å². The highest BCUT2D eigenvalue weighted by Crippen LogP contribution is 2.49. The number of benzene rings is 8. The molecule has 224 valence electrons. The summed E-state index contributed by atoms with van der Waals surface area (Å²) in [6, 6.07) is 61.3. The SMILES string of the molecule is c1ccc(-c2oc3ccccc3c2-c2cccc(-c3c4ccccc4c(-c4cccc5c4sc4ccccc45)c4ccccc34)c2)cc1. The Hall–Kier alpha value is -5.96. The van der Waals surface area contributed by atoms with Crippen LogP contribution in [0.25, 0.3) is 97.4 Å². The van der Waals surface area contributed by atoms with E-state index in [1.54, 1.807) is 0 Å². The molecule has 2 aromatic heterocycles. The molecule has 0 amide bonds. The van der Waals surface area contributed by atoms with E-state index >= 15 is 0 Å².